The second-order valence-electron chi connectivity index (χ2n) is 5.89. The van der Waals surface area contributed by atoms with Gasteiger partial charge in [-0.15, -0.1) is 0 Å². The van der Waals surface area contributed by atoms with Crippen molar-refractivity contribution in [2.24, 2.45) is 5.92 Å². The number of benzene rings is 1. The maximum absolute atomic E-state index is 10.4. The van der Waals surface area contributed by atoms with Crippen LogP contribution in [0.15, 0.2) is 18.2 Å². The molecule has 3 heteroatoms. The monoisotopic (exact) mass is 263 g/mol. The number of aliphatic hydroxyl groups is 2. The third kappa shape index (κ3) is 4.03. The molecule has 1 aromatic rings. The zero-order valence-corrected chi connectivity index (χ0v) is 12.0. The van der Waals surface area contributed by atoms with E-state index in [1.165, 1.54) is 11.1 Å². The largest absolute Gasteiger partial charge is 0.396 e. The van der Waals surface area contributed by atoms with E-state index < -0.39 is 6.10 Å². The Hall–Kier alpha value is -0.900. The van der Waals surface area contributed by atoms with E-state index in [9.17, 15) is 10.2 Å². The summed E-state index contributed by atoms with van der Waals surface area (Å²) in [6.45, 7) is 6.98. The highest BCUT2D eigenvalue weighted by Crippen LogP contribution is 2.21. The van der Waals surface area contributed by atoms with Crippen molar-refractivity contribution in [2.45, 2.75) is 32.8 Å². The molecule has 19 heavy (non-hydrogen) atoms. The second-order valence-corrected chi connectivity index (χ2v) is 5.89. The third-order valence-corrected chi connectivity index (χ3v) is 3.92. The predicted octanol–water partition coefficient (Wildman–Crippen LogP) is 2.04. The van der Waals surface area contributed by atoms with Crippen LogP contribution in [0.1, 0.15) is 35.6 Å². The van der Waals surface area contributed by atoms with Crippen LogP contribution in [0.4, 0.5) is 0 Å². The summed E-state index contributed by atoms with van der Waals surface area (Å²) >= 11 is 0. The van der Waals surface area contributed by atoms with Crippen LogP contribution in [-0.4, -0.2) is 41.4 Å². The minimum absolute atomic E-state index is 0.260. The fourth-order valence-electron chi connectivity index (χ4n) is 3.02. The van der Waals surface area contributed by atoms with Gasteiger partial charge < -0.3 is 15.1 Å². The van der Waals surface area contributed by atoms with Gasteiger partial charge in [-0.2, -0.15) is 0 Å². The first kappa shape index (κ1) is 14.5. The second kappa shape index (κ2) is 6.51. The highest BCUT2D eigenvalue weighted by molar-refractivity contribution is 5.30. The van der Waals surface area contributed by atoms with Gasteiger partial charge in [0.15, 0.2) is 0 Å². The van der Waals surface area contributed by atoms with Gasteiger partial charge >= 0.3 is 0 Å². The zero-order valence-electron chi connectivity index (χ0n) is 12.0. The smallest absolute Gasteiger partial charge is 0.0917 e. The van der Waals surface area contributed by atoms with E-state index >= 15 is 0 Å². The first-order valence-electron chi connectivity index (χ1n) is 7.18. The number of piperidine rings is 1. The fraction of sp³-hybridized carbons (Fsp3) is 0.625. The maximum Gasteiger partial charge on any atom is 0.0917 e. The summed E-state index contributed by atoms with van der Waals surface area (Å²) in [5, 5.41) is 19.6. The van der Waals surface area contributed by atoms with Gasteiger partial charge in [-0.05, 0) is 44.7 Å². The van der Waals surface area contributed by atoms with Gasteiger partial charge in [0.1, 0.15) is 0 Å². The Labute approximate surface area is 115 Å². The summed E-state index contributed by atoms with van der Waals surface area (Å²) in [4.78, 5) is 2.27. The molecule has 0 radical (unpaired) electrons. The van der Waals surface area contributed by atoms with Crippen LogP contribution in [0.2, 0.25) is 0 Å². The average molecular weight is 263 g/mol. The Morgan fingerprint density at radius 3 is 2.58 bits per heavy atom. The molecule has 0 aliphatic carbocycles. The van der Waals surface area contributed by atoms with Gasteiger partial charge in [0.2, 0.25) is 0 Å². The van der Waals surface area contributed by atoms with Gasteiger partial charge in [-0.25, -0.2) is 0 Å². The molecule has 1 aromatic carbocycles. The van der Waals surface area contributed by atoms with Gasteiger partial charge in [-0.3, -0.25) is 0 Å². The topological polar surface area (TPSA) is 43.7 Å². The molecule has 106 valence electrons. The quantitative estimate of drug-likeness (QED) is 0.873. The van der Waals surface area contributed by atoms with Crippen molar-refractivity contribution in [1.82, 2.24) is 4.90 Å². The summed E-state index contributed by atoms with van der Waals surface area (Å²) in [5.41, 5.74) is 3.39. The summed E-state index contributed by atoms with van der Waals surface area (Å²) in [5.74, 6) is 0.375. The van der Waals surface area contributed by atoms with Gasteiger partial charge in [0, 0.05) is 19.7 Å². The molecule has 1 heterocycles. The predicted molar refractivity (Wildman–Crippen MR) is 77.1 cm³/mol. The molecule has 1 fully saturated rings. The number of hydrogen-bond acceptors (Lipinski definition) is 3. The molecule has 1 saturated heterocycles. The summed E-state index contributed by atoms with van der Waals surface area (Å²) in [7, 11) is 0. The summed E-state index contributed by atoms with van der Waals surface area (Å²) in [6.07, 6.45) is 1.79. The van der Waals surface area contributed by atoms with Crippen LogP contribution in [0.3, 0.4) is 0 Å². The molecule has 3 nitrogen and oxygen atoms in total. The first-order valence-corrected chi connectivity index (χ1v) is 7.18. The summed E-state index contributed by atoms with van der Waals surface area (Å²) < 4.78 is 0. The van der Waals surface area contributed by atoms with E-state index in [4.69, 9.17) is 0 Å². The molecule has 0 amide bonds. The summed E-state index contributed by atoms with van der Waals surface area (Å²) in [6, 6.07) is 6.25. The fourth-order valence-corrected chi connectivity index (χ4v) is 3.02. The van der Waals surface area contributed by atoms with Gasteiger partial charge in [0.05, 0.1) is 6.10 Å². The Morgan fingerprint density at radius 1 is 1.26 bits per heavy atom. The Kier molecular flexibility index (Phi) is 4.97. The van der Waals surface area contributed by atoms with Crippen LogP contribution in [0.25, 0.3) is 0 Å². The Bertz CT molecular complexity index is 399. The van der Waals surface area contributed by atoms with Crippen molar-refractivity contribution in [3.8, 4) is 0 Å². The van der Waals surface area contributed by atoms with Crippen molar-refractivity contribution in [3.05, 3.63) is 34.9 Å². The van der Waals surface area contributed by atoms with Gasteiger partial charge in [0.25, 0.3) is 0 Å². The number of β-amino-alcohol motifs (C(OH)–C–C–N with tert-alkyl or cyclic N) is 1. The lowest BCUT2D eigenvalue weighted by Gasteiger charge is -2.33. The SMILES string of the molecule is Cc1cc(C)cc(C(O)CN2CCCC(CO)C2)c1. The normalized spacial score (nSPS) is 22.4. The third-order valence-electron chi connectivity index (χ3n) is 3.92. The zero-order chi connectivity index (χ0) is 13.8. The molecule has 2 atom stereocenters. The molecule has 2 N–H and O–H groups in total. The standard InChI is InChI=1S/C16H25NO2/c1-12-6-13(2)8-15(7-12)16(19)10-17-5-3-4-14(9-17)11-18/h6-8,14,16,18-19H,3-5,9-11H2,1-2H3. The van der Waals surface area contributed by atoms with Crippen molar-refractivity contribution < 1.29 is 10.2 Å². The van der Waals surface area contributed by atoms with Gasteiger partial charge in [-0.1, -0.05) is 29.3 Å². The lowest BCUT2D eigenvalue weighted by atomic mass is 9.97. The molecule has 0 bridgehead atoms. The molecule has 0 aromatic heterocycles. The number of likely N-dealkylation sites (tertiary alicyclic amines) is 1. The maximum atomic E-state index is 10.4. The average Bonchev–Trinajstić information content (AvgIpc) is 2.37. The minimum Gasteiger partial charge on any atom is -0.396 e. The van der Waals surface area contributed by atoms with E-state index in [2.05, 4.69) is 36.9 Å². The van der Waals surface area contributed by atoms with E-state index in [0.29, 0.717) is 12.5 Å². The van der Waals surface area contributed by atoms with Crippen LogP contribution < -0.4 is 0 Å². The molecule has 2 unspecified atom stereocenters. The first-order chi connectivity index (χ1) is 9.08. The Morgan fingerprint density at radius 2 is 1.95 bits per heavy atom. The number of rotatable bonds is 4. The highest BCUT2D eigenvalue weighted by atomic mass is 16.3. The molecular formula is C16H25NO2. The van der Waals surface area contributed by atoms with Crippen LogP contribution in [0.5, 0.6) is 0 Å². The van der Waals surface area contributed by atoms with E-state index in [0.717, 1.165) is 31.5 Å². The molecule has 2 rings (SSSR count). The molecule has 0 spiro atoms. The highest BCUT2D eigenvalue weighted by Gasteiger charge is 2.21. The van der Waals surface area contributed by atoms with E-state index in [1.807, 2.05) is 0 Å². The lowest BCUT2D eigenvalue weighted by Crippen LogP contribution is -2.39. The molecule has 1 aliphatic rings. The van der Waals surface area contributed by atoms with Crippen molar-refractivity contribution >= 4 is 0 Å². The number of hydrogen-bond donors (Lipinski definition) is 2. The van der Waals surface area contributed by atoms with E-state index in [-0.39, 0.29) is 6.61 Å². The number of aliphatic hydroxyl groups excluding tert-OH is 2. The van der Waals surface area contributed by atoms with Crippen LogP contribution in [0, 0.1) is 19.8 Å². The molecule has 0 saturated carbocycles. The number of nitrogens with zero attached hydrogens (tertiary/aromatic N) is 1. The number of aryl methyl sites for hydroxylation is 2. The minimum atomic E-state index is -0.434. The van der Waals surface area contributed by atoms with Crippen molar-refractivity contribution in [2.75, 3.05) is 26.2 Å². The molecular weight excluding hydrogens is 238 g/mol. The van der Waals surface area contributed by atoms with Crippen molar-refractivity contribution in [3.63, 3.8) is 0 Å². The lowest BCUT2D eigenvalue weighted by molar-refractivity contribution is 0.0677. The van der Waals surface area contributed by atoms with Crippen LogP contribution >= 0.6 is 0 Å². The van der Waals surface area contributed by atoms with Crippen molar-refractivity contribution in [1.29, 1.82) is 0 Å². The van der Waals surface area contributed by atoms with E-state index in [1.54, 1.807) is 0 Å². The van der Waals surface area contributed by atoms with Crippen LogP contribution in [-0.2, 0) is 0 Å². The Balaban J connectivity index is 1.98. The molecule has 1 aliphatic heterocycles.